The van der Waals surface area contributed by atoms with Crippen molar-refractivity contribution in [1.29, 1.82) is 0 Å². The van der Waals surface area contributed by atoms with Crippen LogP contribution in [0.15, 0.2) is 30.6 Å². The van der Waals surface area contributed by atoms with E-state index in [9.17, 15) is 4.79 Å². The van der Waals surface area contributed by atoms with Crippen LogP contribution in [0.4, 0.5) is 0 Å². The Morgan fingerprint density at radius 3 is 3.19 bits per heavy atom. The smallest absolute Gasteiger partial charge is 0.233 e. The Morgan fingerprint density at radius 1 is 1.50 bits per heavy atom. The Balaban J connectivity index is 2.04. The molecule has 0 bridgehead atoms. The lowest BCUT2D eigenvalue weighted by atomic mass is 10.3. The summed E-state index contributed by atoms with van der Waals surface area (Å²) in [4.78, 5) is 15.2. The maximum absolute atomic E-state index is 11.0. The highest BCUT2D eigenvalue weighted by molar-refractivity contribution is 5.77. The normalized spacial score (nSPS) is 10.6. The number of pyridine rings is 1. The van der Waals surface area contributed by atoms with Gasteiger partial charge in [-0.2, -0.15) is 0 Å². The highest BCUT2D eigenvalue weighted by atomic mass is 16.1. The van der Waals surface area contributed by atoms with Gasteiger partial charge in [-0.3, -0.25) is 4.79 Å². The second-order valence-corrected chi connectivity index (χ2v) is 3.45. The van der Waals surface area contributed by atoms with Gasteiger partial charge in [0.05, 0.1) is 6.54 Å². The lowest BCUT2D eigenvalue weighted by molar-refractivity contribution is -0.119. The van der Waals surface area contributed by atoms with E-state index < -0.39 is 0 Å². The van der Waals surface area contributed by atoms with Crippen molar-refractivity contribution >= 4 is 11.6 Å². The van der Waals surface area contributed by atoms with Crippen molar-refractivity contribution in [3.8, 4) is 0 Å². The molecule has 0 spiro atoms. The van der Waals surface area contributed by atoms with Gasteiger partial charge in [-0.1, -0.05) is 6.07 Å². The molecule has 0 aromatic carbocycles. The van der Waals surface area contributed by atoms with Gasteiger partial charge in [0, 0.05) is 31.7 Å². The second kappa shape index (κ2) is 4.76. The van der Waals surface area contributed by atoms with E-state index in [1.165, 1.54) is 0 Å². The largest absolute Gasteiger partial charge is 0.358 e. The van der Waals surface area contributed by atoms with Crippen LogP contribution in [0.25, 0.3) is 5.65 Å². The number of carbonyl (C=O) groups excluding carboxylic acids is 1. The molecule has 0 saturated carbocycles. The van der Waals surface area contributed by atoms with Crippen molar-refractivity contribution in [2.45, 2.75) is 6.54 Å². The lowest BCUT2D eigenvalue weighted by Gasteiger charge is -2.06. The summed E-state index contributed by atoms with van der Waals surface area (Å²) in [5.74, 6) is -0.0159. The first-order chi connectivity index (χ1) is 7.81. The summed E-state index contributed by atoms with van der Waals surface area (Å²) in [7, 11) is 1.63. The molecule has 0 aliphatic heterocycles. The fraction of sp³-hybridized carbons (Fsp3) is 0.273. The molecular formula is C11H14N4O. The number of amides is 1. The van der Waals surface area contributed by atoms with Gasteiger partial charge >= 0.3 is 0 Å². The molecule has 2 aromatic rings. The van der Waals surface area contributed by atoms with Crippen LogP contribution >= 0.6 is 0 Å². The zero-order valence-electron chi connectivity index (χ0n) is 9.10. The number of nitrogens with zero attached hydrogens (tertiary/aromatic N) is 2. The molecule has 0 unspecified atom stereocenters. The number of rotatable bonds is 4. The van der Waals surface area contributed by atoms with Crippen molar-refractivity contribution in [1.82, 2.24) is 20.0 Å². The van der Waals surface area contributed by atoms with Crippen LogP contribution in [0.2, 0.25) is 0 Å². The highest BCUT2D eigenvalue weighted by Crippen LogP contribution is 2.05. The number of carbonyl (C=O) groups is 1. The molecule has 2 heterocycles. The Bertz CT molecular complexity index is 491. The van der Waals surface area contributed by atoms with E-state index in [-0.39, 0.29) is 5.91 Å². The average Bonchev–Trinajstić information content (AvgIpc) is 2.77. The van der Waals surface area contributed by atoms with Gasteiger partial charge in [-0.25, -0.2) is 4.98 Å². The number of imidazole rings is 1. The number of hydrogen-bond acceptors (Lipinski definition) is 3. The van der Waals surface area contributed by atoms with E-state index in [2.05, 4.69) is 15.6 Å². The summed E-state index contributed by atoms with van der Waals surface area (Å²) in [6, 6.07) is 5.91. The summed E-state index contributed by atoms with van der Waals surface area (Å²) >= 11 is 0. The standard InChI is InChI=1S/C11H14N4O/c1-12-11(16)8-13-7-9-3-2-4-10-14-5-6-15(9)10/h2-6,13H,7-8H2,1H3,(H,12,16). The number of hydrogen-bond donors (Lipinski definition) is 2. The van der Waals surface area contributed by atoms with Gasteiger partial charge in [0.1, 0.15) is 5.65 Å². The Kier molecular flexibility index (Phi) is 3.16. The van der Waals surface area contributed by atoms with Crippen LogP contribution < -0.4 is 10.6 Å². The molecule has 0 aliphatic carbocycles. The molecule has 0 aliphatic rings. The molecular weight excluding hydrogens is 204 g/mol. The van der Waals surface area contributed by atoms with Gasteiger partial charge in [0.25, 0.3) is 0 Å². The third-order valence-corrected chi connectivity index (χ3v) is 2.38. The fourth-order valence-electron chi connectivity index (χ4n) is 1.54. The zero-order chi connectivity index (χ0) is 11.4. The van der Waals surface area contributed by atoms with E-state index in [0.717, 1.165) is 11.3 Å². The summed E-state index contributed by atoms with van der Waals surface area (Å²) in [6.45, 7) is 0.961. The maximum Gasteiger partial charge on any atom is 0.233 e. The van der Waals surface area contributed by atoms with E-state index in [1.807, 2.05) is 28.8 Å². The molecule has 84 valence electrons. The molecule has 2 N–H and O–H groups in total. The average molecular weight is 218 g/mol. The highest BCUT2D eigenvalue weighted by Gasteiger charge is 2.01. The predicted octanol–water partition coefficient (Wildman–Crippen LogP) is 0.170. The number of fused-ring (bicyclic) bond motifs is 1. The number of aromatic nitrogens is 2. The monoisotopic (exact) mass is 218 g/mol. The molecule has 0 fully saturated rings. The summed E-state index contributed by atoms with van der Waals surface area (Å²) in [5.41, 5.74) is 2.00. The van der Waals surface area contributed by atoms with Crippen LogP contribution in [0.1, 0.15) is 5.69 Å². The molecule has 2 rings (SSSR count). The maximum atomic E-state index is 11.0. The van der Waals surface area contributed by atoms with Gasteiger partial charge in [-0.15, -0.1) is 0 Å². The first-order valence-corrected chi connectivity index (χ1v) is 5.13. The molecule has 0 saturated heterocycles. The molecule has 0 radical (unpaired) electrons. The third kappa shape index (κ3) is 2.20. The van der Waals surface area contributed by atoms with Gasteiger partial charge in [-0.05, 0) is 12.1 Å². The first-order valence-electron chi connectivity index (χ1n) is 5.13. The van der Waals surface area contributed by atoms with E-state index in [4.69, 9.17) is 0 Å². The number of likely N-dealkylation sites (N-methyl/N-ethyl adjacent to an activating group) is 1. The Labute approximate surface area is 93.5 Å². The lowest BCUT2D eigenvalue weighted by Crippen LogP contribution is -2.31. The molecule has 5 heteroatoms. The minimum absolute atomic E-state index is 0.0159. The van der Waals surface area contributed by atoms with E-state index >= 15 is 0 Å². The summed E-state index contributed by atoms with van der Waals surface area (Å²) in [6.07, 6.45) is 3.67. The van der Waals surface area contributed by atoms with Gasteiger partial charge < -0.3 is 15.0 Å². The minimum atomic E-state index is -0.0159. The van der Waals surface area contributed by atoms with Crippen molar-refractivity contribution < 1.29 is 4.79 Å². The zero-order valence-corrected chi connectivity index (χ0v) is 9.10. The fourth-order valence-corrected chi connectivity index (χ4v) is 1.54. The van der Waals surface area contributed by atoms with Crippen LogP contribution in [0.5, 0.6) is 0 Å². The predicted molar refractivity (Wildman–Crippen MR) is 61.0 cm³/mol. The van der Waals surface area contributed by atoms with Gasteiger partial charge in [0.15, 0.2) is 0 Å². The van der Waals surface area contributed by atoms with Crippen LogP contribution in [-0.2, 0) is 11.3 Å². The van der Waals surface area contributed by atoms with Crippen molar-refractivity contribution in [2.24, 2.45) is 0 Å². The summed E-state index contributed by atoms with van der Waals surface area (Å²) < 4.78 is 2.00. The van der Waals surface area contributed by atoms with E-state index in [0.29, 0.717) is 13.1 Å². The van der Waals surface area contributed by atoms with Crippen LogP contribution in [-0.4, -0.2) is 28.9 Å². The topological polar surface area (TPSA) is 58.4 Å². The summed E-state index contributed by atoms with van der Waals surface area (Å²) in [5, 5.41) is 5.64. The third-order valence-electron chi connectivity index (χ3n) is 2.38. The molecule has 5 nitrogen and oxygen atoms in total. The minimum Gasteiger partial charge on any atom is -0.358 e. The van der Waals surface area contributed by atoms with Crippen molar-refractivity contribution in [2.75, 3.05) is 13.6 Å². The first kappa shape index (κ1) is 10.6. The number of nitrogens with one attached hydrogen (secondary N) is 2. The molecule has 2 aromatic heterocycles. The molecule has 0 atom stereocenters. The van der Waals surface area contributed by atoms with E-state index in [1.54, 1.807) is 13.2 Å². The second-order valence-electron chi connectivity index (χ2n) is 3.45. The quantitative estimate of drug-likeness (QED) is 0.769. The van der Waals surface area contributed by atoms with Crippen molar-refractivity contribution in [3.05, 3.63) is 36.3 Å². The van der Waals surface area contributed by atoms with Crippen molar-refractivity contribution in [3.63, 3.8) is 0 Å². The molecule has 16 heavy (non-hydrogen) atoms. The Morgan fingerprint density at radius 2 is 2.38 bits per heavy atom. The Hall–Kier alpha value is -1.88. The SMILES string of the molecule is CNC(=O)CNCc1cccc2nccn12. The van der Waals surface area contributed by atoms with Crippen LogP contribution in [0, 0.1) is 0 Å². The van der Waals surface area contributed by atoms with Crippen LogP contribution in [0.3, 0.4) is 0 Å². The van der Waals surface area contributed by atoms with Gasteiger partial charge in [0.2, 0.25) is 5.91 Å². The molecule has 1 amide bonds.